The molecule has 0 saturated carbocycles. The van der Waals surface area contributed by atoms with E-state index >= 15 is 0 Å². The molecule has 0 saturated heterocycles. The third-order valence-electron chi connectivity index (χ3n) is 7.38. The molecule has 0 N–H and O–H groups in total. The summed E-state index contributed by atoms with van der Waals surface area (Å²) in [4.78, 5) is 4.32. The number of anilines is 2. The van der Waals surface area contributed by atoms with Gasteiger partial charge < -0.3 is 4.90 Å². The van der Waals surface area contributed by atoms with E-state index in [0.717, 1.165) is 59.0 Å². The van der Waals surface area contributed by atoms with Crippen LogP contribution in [0, 0.1) is 6.92 Å². The molecular weight excluding hydrogens is 556 g/mol. The van der Waals surface area contributed by atoms with Crippen molar-refractivity contribution in [2.75, 3.05) is 16.3 Å². The molecule has 0 fully saturated rings. The number of para-hydroxylation sites is 1. The predicted molar refractivity (Wildman–Crippen MR) is 206 cm³/mol. The molecule has 1 aliphatic heterocycles. The van der Waals surface area contributed by atoms with Gasteiger partial charge >= 0.3 is 0 Å². The maximum absolute atomic E-state index is 4.36. The monoisotopic (exact) mass is 610 g/mol. The van der Waals surface area contributed by atoms with E-state index in [2.05, 4.69) is 168 Å². The lowest BCUT2D eigenvalue weighted by atomic mass is 10.0. The molecule has 0 atom stereocenters. The Morgan fingerprint density at radius 1 is 0.652 bits per heavy atom. The van der Waals surface area contributed by atoms with Crippen molar-refractivity contribution in [1.29, 1.82) is 0 Å². The Balaban J connectivity index is 0.000000299. The molecule has 0 aliphatic carbocycles. The van der Waals surface area contributed by atoms with Gasteiger partial charge in [0.05, 0.1) is 5.69 Å². The highest BCUT2D eigenvalue weighted by Crippen LogP contribution is 2.41. The van der Waals surface area contributed by atoms with Crippen molar-refractivity contribution in [3.05, 3.63) is 187 Å². The zero-order valence-electron chi connectivity index (χ0n) is 29.0. The summed E-state index contributed by atoms with van der Waals surface area (Å²) in [5.41, 5.74) is 12.0. The summed E-state index contributed by atoms with van der Waals surface area (Å²) in [5.74, 6) is 0.893. The van der Waals surface area contributed by atoms with Gasteiger partial charge in [-0.3, -0.25) is 4.90 Å². The van der Waals surface area contributed by atoms with Crippen LogP contribution in [0.1, 0.15) is 61.9 Å². The third kappa shape index (κ3) is 11.3. The molecule has 4 aromatic rings. The van der Waals surface area contributed by atoms with Gasteiger partial charge in [0, 0.05) is 23.5 Å². The Bertz CT molecular complexity index is 1540. The van der Waals surface area contributed by atoms with Crippen LogP contribution in [0.5, 0.6) is 0 Å². The van der Waals surface area contributed by atoms with Crippen LogP contribution in [-0.2, 0) is 19.3 Å². The van der Waals surface area contributed by atoms with Gasteiger partial charge in [0.2, 0.25) is 0 Å². The van der Waals surface area contributed by atoms with E-state index < -0.39 is 0 Å². The number of fused-ring (bicyclic) bond motifs is 1. The fourth-order valence-electron chi connectivity index (χ4n) is 5.11. The van der Waals surface area contributed by atoms with Gasteiger partial charge in [-0.25, -0.2) is 0 Å². The lowest BCUT2D eigenvalue weighted by molar-refractivity contribution is 0.915. The van der Waals surface area contributed by atoms with Gasteiger partial charge in [-0.1, -0.05) is 148 Å². The van der Waals surface area contributed by atoms with Gasteiger partial charge in [0.15, 0.2) is 0 Å². The molecule has 0 amide bonds. The predicted octanol–water partition coefficient (Wildman–Crippen LogP) is 12.1. The van der Waals surface area contributed by atoms with Crippen LogP contribution in [0.25, 0.3) is 5.70 Å². The second kappa shape index (κ2) is 19.5. The van der Waals surface area contributed by atoms with Crippen LogP contribution < -0.4 is 9.80 Å². The van der Waals surface area contributed by atoms with E-state index in [1.807, 2.05) is 19.1 Å². The van der Waals surface area contributed by atoms with Crippen molar-refractivity contribution in [2.45, 2.75) is 60.3 Å². The molecule has 0 aromatic heterocycles. The topological polar surface area (TPSA) is 6.48 Å². The zero-order chi connectivity index (χ0) is 34.1. The van der Waals surface area contributed by atoms with Gasteiger partial charge in [-0.05, 0) is 74.9 Å². The molecule has 2 heteroatoms. The molecule has 240 valence electrons. The molecule has 2 nitrogen and oxygen atoms in total. The summed E-state index contributed by atoms with van der Waals surface area (Å²) in [6.07, 6.45) is 4.48. The molecule has 0 spiro atoms. The molecule has 0 bridgehead atoms. The lowest BCUT2D eigenvalue weighted by Crippen LogP contribution is -2.39. The van der Waals surface area contributed by atoms with Crippen molar-refractivity contribution in [3.63, 3.8) is 0 Å². The quantitative estimate of drug-likeness (QED) is 0.183. The summed E-state index contributed by atoms with van der Waals surface area (Å²) in [6, 6.07) is 36.1. The molecule has 1 aliphatic rings. The first-order valence-electron chi connectivity index (χ1n) is 16.2. The third-order valence-corrected chi connectivity index (χ3v) is 7.38. The fourth-order valence-corrected chi connectivity index (χ4v) is 5.11. The van der Waals surface area contributed by atoms with Crippen LogP contribution in [0.2, 0.25) is 0 Å². The number of rotatable bonds is 8. The number of hydrogen-bond donors (Lipinski definition) is 0. The number of benzene rings is 4. The lowest BCUT2D eigenvalue weighted by Gasteiger charge is -2.42. The van der Waals surface area contributed by atoms with Crippen molar-refractivity contribution in [3.8, 4) is 0 Å². The van der Waals surface area contributed by atoms with Crippen molar-refractivity contribution in [1.82, 2.24) is 0 Å². The van der Waals surface area contributed by atoms with Crippen LogP contribution in [0.3, 0.4) is 0 Å². The van der Waals surface area contributed by atoms with Crippen molar-refractivity contribution in [2.24, 2.45) is 0 Å². The number of aryl methyl sites for hydroxylation is 3. The van der Waals surface area contributed by atoms with Crippen LogP contribution in [0.4, 0.5) is 11.4 Å². The maximum atomic E-state index is 4.36. The molecule has 46 heavy (non-hydrogen) atoms. The van der Waals surface area contributed by atoms with Crippen LogP contribution >= 0.6 is 0 Å². The van der Waals surface area contributed by atoms with E-state index in [4.69, 9.17) is 0 Å². The summed E-state index contributed by atoms with van der Waals surface area (Å²) in [6.45, 7) is 34.1. The first-order chi connectivity index (χ1) is 22.1. The highest BCUT2D eigenvalue weighted by atomic mass is 15.4. The molecule has 0 radical (unpaired) electrons. The number of hydrogen-bond acceptors (Lipinski definition) is 2. The summed E-state index contributed by atoms with van der Waals surface area (Å²) in [7, 11) is 0. The average Bonchev–Trinajstić information content (AvgIpc) is 3.06. The maximum Gasteiger partial charge on any atom is 0.110 e. The summed E-state index contributed by atoms with van der Waals surface area (Å²) < 4.78 is 0. The van der Waals surface area contributed by atoms with E-state index in [9.17, 15) is 0 Å². The van der Waals surface area contributed by atoms with E-state index in [1.165, 1.54) is 35.1 Å². The Morgan fingerprint density at radius 3 is 1.76 bits per heavy atom. The summed E-state index contributed by atoms with van der Waals surface area (Å²) in [5, 5.41) is 0. The SMILES string of the molecule is C=C.C=C(C)Cc1ccc(N2C(=C)c3ccccc3N(CC(=C)C)C2=C)cc1.CCCc1ccccc1.CCc1ccc(C)cc1. The van der Waals surface area contributed by atoms with E-state index in [1.54, 1.807) is 0 Å². The Labute approximate surface area is 280 Å². The number of allylic oxidation sites excluding steroid dienone is 1. The van der Waals surface area contributed by atoms with Crippen LogP contribution in [0.15, 0.2) is 160 Å². The van der Waals surface area contributed by atoms with Crippen molar-refractivity contribution < 1.29 is 0 Å². The molecular formula is C44H54N2. The summed E-state index contributed by atoms with van der Waals surface area (Å²) >= 11 is 0. The Morgan fingerprint density at radius 2 is 1.22 bits per heavy atom. The van der Waals surface area contributed by atoms with Gasteiger partial charge in [0.1, 0.15) is 5.82 Å². The molecule has 4 aromatic carbocycles. The normalized spacial score (nSPS) is 11.5. The Kier molecular flexibility index (Phi) is 15.9. The Hall–Kier alpha value is -4.82. The number of nitrogens with zero attached hydrogens (tertiary/aromatic N) is 2. The van der Waals surface area contributed by atoms with E-state index in [0.29, 0.717) is 0 Å². The smallest absolute Gasteiger partial charge is 0.110 e. The minimum atomic E-state index is 0.730. The molecule has 1 heterocycles. The second-order valence-electron chi connectivity index (χ2n) is 11.6. The minimum absolute atomic E-state index is 0.730. The second-order valence-corrected chi connectivity index (χ2v) is 11.6. The highest BCUT2D eigenvalue weighted by molar-refractivity contribution is 5.92. The first kappa shape index (κ1) is 37.4. The van der Waals surface area contributed by atoms with Gasteiger partial charge in [-0.2, -0.15) is 0 Å². The minimum Gasteiger partial charge on any atom is -0.323 e. The highest BCUT2D eigenvalue weighted by Gasteiger charge is 2.29. The van der Waals surface area contributed by atoms with Crippen molar-refractivity contribution >= 4 is 17.1 Å². The average molecular weight is 611 g/mol. The van der Waals surface area contributed by atoms with Gasteiger partial charge in [0.25, 0.3) is 0 Å². The first-order valence-corrected chi connectivity index (χ1v) is 16.2. The molecule has 0 unspecified atom stereocenters. The largest absolute Gasteiger partial charge is 0.323 e. The standard InChI is InChI=1S/C24H26N2.2C9H12.C2H4/c1-17(2)15-21-11-13-22(14-12-21)26-19(5)23-9-7-8-10-24(23)25(20(26)6)16-18(3)4;1-3-9-6-4-8(2)5-7-9;1-2-6-9-7-4-3-5-8-9;1-2/h7-14H,1,3,5-6,15-16H2,2,4H3;4-7H,3H2,1-2H3;3-5,7-8H,2,6H2,1H3;1-2H2. The fraction of sp³-hybridized carbons (Fsp3) is 0.227. The van der Waals surface area contributed by atoms with Crippen LogP contribution in [-0.4, -0.2) is 6.54 Å². The van der Waals surface area contributed by atoms with Gasteiger partial charge in [-0.15, -0.1) is 13.2 Å². The van der Waals surface area contributed by atoms with E-state index in [-0.39, 0.29) is 0 Å². The molecule has 5 rings (SSSR count). The zero-order valence-corrected chi connectivity index (χ0v) is 29.0.